The molecule has 86 valence electrons. The maximum atomic E-state index is 8.80. The van der Waals surface area contributed by atoms with E-state index in [0.717, 1.165) is 5.82 Å². The van der Waals surface area contributed by atoms with Gasteiger partial charge in [-0.25, -0.2) is 4.98 Å². The van der Waals surface area contributed by atoms with Gasteiger partial charge in [0.25, 0.3) is 0 Å². The van der Waals surface area contributed by atoms with Crippen LogP contribution in [0.5, 0.6) is 5.75 Å². The fourth-order valence-electron chi connectivity index (χ4n) is 1.66. The van der Waals surface area contributed by atoms with Gasteiger partial charge in [0.2, 0.25) is 0 Å². The highest BCUT2D eigenvalue weighted by molar-refractivity contribution is 5.36. The van der Waals surface area contributed by atoms with E-state index in [2.05, 4.69) is 11.1 Å². The molecule has 17 heavy (non-hydrogen) atoms. The smallest absolute Gasteiger partial charge is 0.153 e. The van der Waals surface area contributed by atoms with Gasteiger partial charge in [-0.15, -0.1) is 0 Å². The van der Waals surface area contributed by atoms with Gasteiger partial charge in [0.05, 0.1) is 11.6 Å². The second-order valence-electron chi connectivity index (χ2n) is 3.80. The first-order valence-electron chi connectivity index (χ1n) is 5.34. The van der Waals surface area contributed by atoms with Crippen molar-refractivity contribution in [3.63, 3.8) is 0 Å². The summed E-state index contributed by atoms with van der Waals surface area (Å²) in [5, 5.41) is 8.80. The lowest BCUT2D eigenvalue weighted by Gasteiger charge is -2.14. The Hall–Kier alpha value is -2.28. The van der Waals surface area contributed by atoms with Crippen LogP contribution in [0.1, 0.15) is 24.4 Å². The lowest BCUT2D eigenvalue weighted by atomic mass is 10.2. The Morgan fingerprint density at radius 1 is 1.47 bits per heavy atom. The Bertz CT molecular complexity index is 554. The molecule has 0 N–H and O–H groups in total. The van der Waals surface area contributed by atoms with E-state index in [1.54, 1.807) is 24.4 Å². The zero-order valence-electron chi connectivity index (χ0n) is 9.79. The van der Waals surface area contributed by atoms with E-state index in [0.29, 0.717) is 11.3 Å². The van der Waals surface area contributed by atoms with Crippen molar-refractivity contribution in [3.05, 3.63) is 48.0 Å². The Kier molecular flexibility index (Phi) is 3.10. The van der Waals surface area contributed by atoms with E-state index in [4.69, 9.17) is 10.00 Å². The van der Waals surface area contributed by atoms with Crippen LogP contribution in [0.2, 0.25) is 0 Å². The van der Waals surface area contributed by atoms with Gasteiger partial charge in [0, 0.05) is 19.4 Å². The predicted molar refractivity (Wildman–Crippen MR) is 63.4 cm³/mol. The van der Waals surface area contributed by atoms with Gasteiger partial charge in [0.1, 0.15) is 11.6 Å². The van der Waals surface area contributed by atoms with Gasteiger partial charge in [-0.05, 0) is 25.1 Å². The van der Waals surface area contributed by atoms with Gasteiger partial charge in [-0.1, -0.05) is 6.07 Å². The average Bonchev–Trinajstić information content (AvgIpc) is 2.76. The molecule has 1 heterocycles. The molecule has 1 atom stereocenters. The fourth-order valence-corrected chi connectivity index (χ4v) is 1.66. The molecule has 4 nitrogen and oxygen atoms in total. The van der Waals surface area contributed by atoms with Crippen molar-refractivity contribution in [2.45, 2.75) is 13.0 Å². The molecule has 0 aliphatic rings. The molecule has 0 aliphatic heterocycles. The molecule has 1 unspecified atom stereocenters. The van der Waals surface area contributed by atoms with Crippen molar-refractivity contribution >= 4 is 0 Å². The SMILES string of the molecule is CC(Oc1cccc(C#N)c1)c1nccn1C. The molecular formula is C13H13N3O. The van der Waals surface area contributed by atoms with Crippen LogP contribution in [0.15, 0.2) is 36.7 Å². The summed E-state index contributed by atoms with van der Waals surface area (Å²) < 4.78 is 7.66. The molecule has 1 aromatic heterocycles. The highest BCUT2D eigenvalue weighted by Gasteiger charge is 2.11. The van der Waals surface area contributed by atoms with Crippen molar-refractivity contribution < 1.29 is 4.74 Å². The summed E-state index contributed by atoms with van der Waals surface area (Å²) in [5.74, 6) is 1.53. The largest absolute Gasteiger partial charge is 0.483 e. The minimum absolute atomic E-state index is 0.149. The molecule has 0 amide bonds. The molecule has 0 saturated heterocycles. The van der Waals surface area contributed by atoms with Crippen LogP contribution in [-0.4, -0.2) is 9.55 Å². The standard InChI is InChI=1S/C13H13N3O/c1-10(13-15-6-7-16(13)2)17-12-5-3-4-11(8-12)9-14/h3-8,10H,1-2H3. The van der Waals surface area contributed by atoms with Crippen LogP contribution in [0.3, 0.4) is 0 Å². The Labute approximate surface area is 100 Å². The average molecular weight is 227 g/mol. The summed E-state index contributed by atoms with van der Waals surface area (Å²) in [6.45, 7) is 1.93. The maximum Gasteiger partial charge on any atom is 0.153 e. The topological polar surface area (TPSA) is 50.8 Å². The molecule has 0 spiro atoms. The minimum Gasteiger partial charge on any atom is -0.483 e. The van der Waals surface area contributed by atoms with Crippen LogP contribution < -0.4 is 4.74 Å². The van der Waals surface area contributed by atoms with E-state index in [9.17, 15) is 0 Å². The van der Waals surface area contributed by atoms with Crippen LogP contribution in [-0.2, 0) is 7.05 Å². The van der Waals surface area contributed by atoms with Crippen molar-refractivity contribution in [2.24, 2.45) is 7.05 Å². The van der Waals surface area contributed by atoms with Crippen LogP contribution in [0.4, 0.5) is 0 Å². The molecule has 0 radical (unpaired) electrons. The van der Waals surface area contributed by atoms with Gasteiger partial charge in [-0.2, -0.15) is 5.26 Å². The normalized spacial score (nSPS) is 11.8. The number of hydrogen-bond acceptors (Lipinski definition) is 3. The highest BCUT2D eigenvalue weighted by Crippen LogP contribution is 2.20. The zero-order valence-corrected chi connectivity index (χ0v) is 9.79. The first-order valence-corrected chi connectivity index (χ1v) is 5.34. The first kappa shape index (κ1) is 11.2. The summed E-state index contributed by atoms with van der Waals surface area (Å²) in [4.78, 5) is 4.23. The van der Waals surface area contributed by atoms with Crippen molar-refractivity contribution in [2.75, 3.05) is 0 Å². The van der Waals surface area contributed by atoms with Crippen LogP contribution >= 0.6 is 0 Å². The second-order valence-corrected chi connectivity index (χ2v) is 3.80. The van der Waals surface area contributed by atoms with Crippen LogP contribution in [0.25, 0.3) is 0 Å². The maximum absolute atomic E-state index is 8.80. The second kappa shape index (κ2) is 4.71. The number of nitriles is 1. The first-order chi connectivity index (χ1) is 8.20. The van der Waals surface area contributed by atoms with E-state index >= 15 is 0 Å². The van der Waals surface area contributed by atoms with Gasteiger partial charge < -0.3 is 9.30 Å². The third-order valence-corrected chi connectivity index (χ3v) is 2.50. The molecule has 2 aromatic rings. The summed E-state index contributed by atoms with van der Waals surface area (Å²) in [6.07, 6.45) is 3.46. The number of aryl methyl sites for hydroxylation is 1. The molecule has 2 rings (SSSR count). The van der Waals surface area contributed by atoms with Gasteiger partial charge in [0.15, 0.2) is 6.10 Å². The minimum atomic E-state index is -0.149. The molecule has 1 aromatic carbocycles. The summed E-state index contributed by atoms with van der Waals surface area (Å²) in [6, 6.07) is 9.19. The molecule has 0 aliphatic carbocycles. The summed E-state index contributed by atoms with van der Waals surface area (Å²) >= 11 is 0. The lowest BCUT2D eigenvalue weighted by Crippen LogP contribution is -2.09. The highest BCUT2D eigenvalue weighted by atomic mass is 16.5. The lowest BCUT2D eigenvalue weighted by molar-refractivity contribution is 0.212. The van der Waals surface area contributed by atoms with Crippen molar-refractivity contribution in [1.82, 2.24) is 9.55 Å². The third-order valence-electron chi connectivity index (χ3n) is 2.50. The van der Waals surface area contributed by atoms with E-state index < -0.39 is 0 Å². The van der Waals surface area contributed by atoms with E-state index in [1.807, 2.05) is 30.8 Å². The molecule has 0 fully saturated rings. The number of benzene rings is 1. The predicted octanol–water partition coefficient (Wildman–Crippen LogP) is 2.43. The number of nitrogens with zero attached hydrogens (tertiary/aromatic N) is 3. The number of hydrogen-bond donors (Lipinski definition) is 0. The Morgan fingerprint density at radius 2 is 2.29 bits per heavy atom. The van der Waals surface area contributed by atoms with Crippen molar-refractivity contribution in [1.29, 1.82) is 5.26 Å². The Morgan fingerprint density at radius 3 is 2.94 bits per heavy atom. The monoisotopic (exact) mass is 227 g/mol. The van der Waals surface area contributed by atoms with Crippen LogP contribution in [0, 0.1) is 11.3 Å². The molecular weight excluding hydrogens is 214 g/mol. The van der Waals surface area contributed by atoms with Gasteiger partial charge in [-0.3, -0.25) is 0 Å². The number of ether oxygens (including phenoxy) is 1. The van der Waals surface area contributed by atoms with E-state index in [-0.39, 0.29) is 6.10 Å². The van der Waals surface area contributed by atoms with E-state index in [1.165, 1.54) is 0 Å². The number of rotatable bonds is 3. The summed E-state index contributed by atoms with van der Waals surface area (Å²) in [5.41, 5.74) is 0.592. The van der Waals surface area contributed by atoms with Gasteiger partial charge >= 0.3 is 0 Å². The molecule has 4 heteroatoms. The van der Waals surface area contributed by atoms with Crippen molar-refractivity contribution in [3.8, 4) is 11.8 Å². The molecule has 0 saturated carbocycles. The fraction of sp³-hybridized carbons (Fsp3) is 0.231. The summed E-state index contributed by atoms with van der Waals surface area (Å²) in [7, 11) is 1.92. The quantitative estimate of drug-likeness (QED) is 0.809. The zero-order chi connectivity index (χ0) is 12.3. The Balaban J connectivity index is 2.16. The molecule has 0 bridgehead atoms. The third kappa shape index (κ3) is 2.45. The number of imidazole rings is 1. The number of aromatic nitrogens is 2.